The SMILES string of the molecule is Cc1occc1-c1nnc(S[C@H](C)c2nc(-c3cccs3)no2)n1-c1ccccc1. The number of rotatable bonds is 6. The van der Waals surface area contributed by atoms with Gasteiger partial charge in [0.05, 0.1) is 22.0 Å². The predicted molar refractivity (Wildman–Crippen MR) is 116 cm³/mol. The second-order valence-electron chi connectivity index (χ2n) is 6.56. The second kappa shape index (κ2) is 7.92. The van der Waals surface area contributed by atoms with Crippen LogP contribution in [0.4, 0.5) is 0 Å². The Morgan fingerprint density at radius 3 is 2.67 bits per heavy atom. The van der Waals surface area contributed by atoms with Gasteiger partial charge in [0.15, 0.2) is 11.0 Å². The molecule has 1 aromatic carbocycles. The fraction of sp³-hybridized carbons (Fsp3) is 0.143. The third-order valence-corrected chi connectivity index (χ3v) is 6.46. The van der Waals surface area contributed by atoms with Crippen LogP contribution in [0, 0.1) is 6.92 Å². The molecule has 150 valence electrons. The van der Waals surface area contributed by atoms with E-state index in [2.05, 4.69) is 20.3 Å². The molecule has 0 saturated heterocycles. The van der Waals surface area contributed by atoms with E-state index in [1.807, 2.05) is 72.3 Å². The first-order valence-electron chi connectivity index (χ1n) is 9.30. The van der Waals surface area contributed by atoms with E-state index >= 15 is 0 Å². The highest BCUT2D eigenvalue weighted by molar-refractivity contribution is 7.99. The van der Waals surface area contributed by atoms with Gasteiger partial charge in [0.1, 0.15) is 5.76 Å². The second-order valence-corrected chi connectivity index (χ2v) is 8.82. The van der Waals surface area contributed by atoms with E-state index < -0.39 is 0 Å². The number of nitrogens with zero attached hydrogens (tertiary/aromatic N) is 5. The summed E-state index contributed by atoms with van der Waals surface area (Å²) >= 11 is 3.10. The largest absolute Gasteiger partial charge is 0.469 e. The molecule has 4 aromatic heterocycles. The third kappa shape index (κ3) is 3.46. The van der Waals surface area contributed by atoms with Gasteiger partial charge < -0.3 is 8.94 Å². The zero-order valence-electron chi connectivity index (χ0n) is 16.2. The van der Waals surface area contributed by atoms with Crippen molar-refractivity contribution in [1.82, 2.24) is 24.9 Å². The van der Waals surface area contributed by atoms with Crippen LogP contribution >= 0.6 is 23.1 Å². The van der Waals surface area contributed by atoms with Crippen molar-refractivity contribution in [3.05, 3.63) is 71.8 Å². The molecule has 0 unspecified atom stereocenters. The van der Waals surface area contributed by atoms with Gasteiger partial charge in [0.25, 0.3) is 0 Å². The Hall–Kier alpha value is -3.17. The maximum absolute atomic E-state index is 5.52. The molecule has 0 saturated carbocycles. The number of para-hydroxylation sites is 1. The summed E-state index contributed by atoms with van der Waals surface area (Å²) < 4.78 is 13.0. The Labute approximate surface area is 180 Å². The van der Waals surface area contributed by atoms with Gasteiger partial charge in [-0.2, -0.15) is 4.98 Å². The molecule has 5 rings (SSSR count). The van der Waals surface area contributed by atoms with Crippen molar-refractivity contribution in [2.75, 3.05) is 0 Å². The summed E-state index contributed by atoms with van der Waals surface area (Å²) in [5.74, 6) is 2.67. The lowest BCUT2D eigenvalue weighted by Gasteiger charge is -2.11. The number of thiophene rings is 1. The molecule has 0 radical (unpaired) electrons. The van der Waals surface area contributed by atoms with Gasteiger partial charge in [-0.15, -0.1) is 21.5 Å². The van der Waals surface area contributed by atoms with E-state index in [-0.39, 0.29) is 5.25 Å². The summed E-state index contributed by atoms with van der Waals surface area (Å²) in [6, 6.07) is 15.9. The molecule has 0 N–H and O–H groups in total. The number of furan rings is 1. The maximum Gasteiger partial charge on any atom is 0.240 e. The molecule has 0 bridgehead atoms. The summed E-state index contributed by atoms with van der Waals surface area (Å²) in [4.78, 5) is 5.54. The topological polar surface area (TPSA) is 82.8 Å². The average Bonchev–Trinajstić information content (AvgIpc) is 3.55. The number of thioether (sulfide) groups is 1. The molecule has 4 heterocycles. The van der Waals surface area contributed by atoms with Crippen molar-refractivity contribution < 1.29 is 8.94 Å². The Bertz CT molecular complexity index is 1260. The van der Waals surface area contributed by atoms with Crippen LogP contribution in [0.3, 0.4) is 0 Å². The van der Waals surface area contributed by atoms with Crippen molar-refractivity contribution in [3.63, 3.8) is 0 Å². The quantitative estimate of drug-likeness (QED) is 0.312. The van der Waals surface area contributed by atoms with Crippen LogP contribution in [0.2, 0.25) is 0 Å². The molecule has 7 nitrogen and oxygen atoms in total. The Morgan fingerprint density at radius 2 is 1.93 bits per heavy atom. The molecule has 9 heteroatoms. The van der Waals surface area contributed by atoms with Crippen molar-refractivity contribution in [3.8, 4) is 27.8 Å². The summed E-state index contributed by atoms with van der Waals surface area (Å²) in [6.45, 7) is 3.93. The van der Waals surface area contributed by atoms with Crippen LogP contribution in [-0.4, -0.2) is 24.9 Å². The highest BCUT2D eigenvalue weighted by Crippen LogP contribution is 2.37. The average molecular weight is 436 g/mol. The Kier molecular flexibility index (Phi) is 4.97. The molecule has 0 aliphatic heterocycles. The summed E-state index contributed by atoms with van der Waals surface area (Å²) in [6.07, 6.45) is 1.66. The number of benzene rings is 1. The van der Waals surface area contributed by atoms with Crippen LogP contribution in [0.5, 0.6) is 0 Å². The van der Waals surface area contributed by atoms with Crippen LogP contribution in [-0.2, 0) is 0 Å². The first kappa shape index (κ1) is 18.8. The lowest BCUT2D eigenvalue weighted by atomic mass is 10.2. The molecular weight excluding hydrogens is 418 g/mol. The van der Waals surface area contributed by atoms with Crippen molar-refractivity contribution in [2.45, 2.75) is 24.3 Å². The Morgan fingerprint density at radius 1 is 1.07 bits per heavy atom. The molecule has 0 spiro atoms. The van der Waals surface area contributed by atoms with Crippen molar-refractivity contribution in [2.24, 2.45) is 0 Å². The number of hydrogen-bond acceptors (Lipinski definition) is 8. The number of hydrogen-bond donors (Lipinski definition) is 0. The lowest BCUT2D eigenvalue weighted by Crippen LogP contribution is -2.01. The summed E-state index contributed by atoms with van der Waals surface area (Å²) in [7, 11) is 0. The minimum atomic E-state index is -0.101. The fourth-order valence-corrected chi connectivity index (χ4v) is 4.61. The van der Waals surface area contributed by atoms with E-state index in [1.54, 1.807) is 17.6 Å². The number of aromatic nitrogens is 5. The minimum Gasteiger partial charge on any atom is -0.469 e. The van der Waals surface area contributed by atoms with Gasteiger partial charge in [0.2, 0.25) is 11.7 Å². The first-order chi connectivity index (χ1) is 14.7. The van der Waals surface area contributed by atoms with Gasteiger partial charge >= 0.3 is 0 Å². The van der Waals surface area contributed by atoms with Crippen LogP contribution in [0.25, 0.3) is 27.8 Å². The van der Waals surface area contributed by atoms with E-state index in [0.717, 1.165) is 32.9 Å². The van der Waals surface area contributed by atoms with Crippen LogP contribution in [0.1, 0.15) is 23.8 Å². The van der Waals surface area contributed by atoms with E-state index in [9.17, 15) is 0 Å². The molecular formula is C21H17N5O2S2. The molecule has 0 amide bonds. The van der Waals surface area contributed by atoms with Crippen molar-refractivity contribution >= 4 is 23.1 Å². The van der Waals surface area contributed by atoms with E-state index in [1.165, 1.54) is 11.8 Å². The van der Waals surface area contributed by atoms with Crippen LogP contribution < -0.4 is 0 Å². The zero-order chi connectivity index (χ0) is 20.5. The highest BCUT2D eigenvalue weighted by atomic mass is 32.2. The predicted octanol–water partition coefficient (Wildman–Crippen LogP) is 5.80. The summed E-state index contributed by atoms with van der Waals surface area (Å²) in [5, 5.41) is 15.7. The lowest BCUT2D eigenvalue weighted by molar-refractivity contribution is 0.380. The molecule has 0 fully saturated rings. The van der Waals surface area contributed by atoms with E-state index in [0.29, 0.717) is 11.7 Å². The van der Waals surface area contributed by atoms with Gasteiger partial charge in [-0.3, -0.25) is 4.57 Å². The van der Waals surface area contributed by atoms with Gasteiger partial charge in [0, 0.05) is 5.69 Å². The number of aryl methyl sites for hydroxylation is 1. The first-order valence-corrected chi connectivity index (χ1v) is 11.1. The minimum absolute atomic E-state index is 0.101. The molecule has 1 atom stereocenters. The van der Waals surface area contributed by atoms with Gasteiger partial charge in [-0.05, 0) is 43.5 Å². The highest BCUT2D eigenvalue weighted by Gasteiger charge is 2.23. The van der Waals surface area contributed by atoms with Gasteiger partial charge in [-0.25, -0.2) is 0 Å². The standard InChI is InChI=1S/C21H17N5O2S2/c1-13-16(10-11-27-13)19-23-24-21(26(19)15-7-4-3-5-8-15)30-14(2)20-22-18(25-28-20)17-9-6-12-29-17/h3-12,14H,1-2H3/t14-/m1/s1. The third-order valence-electron chi connectivity index (χ3n) is 4.56. The molecule has 0 aliphatic carbocycles. The smallest absolute Gasteiger partial charge is 0.240 e. The normalized spacial score (nSPS) is 12.3. The van der Waals surface area contributed by atoms with Crippen molar-refractivity contribution in [1.29, 1.82) is 0 Å². The molecule has 30 heavy (non-hydrogen) atoms. The monoisotopic (exact) mass is 435 g/mol. The maximum atomic E-state index is 5.52. The van der Waals surface area contributed by atoms with Crippen LogP contribution in [0.15, 0.2) is 74.3 Å². The molecule has 5 aromatic rings. The van der Waals surface area contributed by atoms with Gasteiger partial charge in [-0.1, -0.05) is 41.2 Å². The summed E-state index contributed by atoms with van der Waals surface area (Å²) in [5.41, 5.74) is 1.88. The zero-order valence-corrected chi connectivity index (χ0v) is 17.9. The fourth-order valence-electron chi connectivity index (χ4n) is 3.06. The molecule has 0 aliphatic rings. The van der Waals surface area contributed by atoms with E-state index in [4.69, 9.17) is 8.94 Å². The Balaban J connectivity index is 1.50.